The quantitative estimate of drug-likeness (QED) is 0.669. The minimum absolute atomic E-state index is 0.00116. The summed E-state index contributed by atoms with van der Waals surface area (Å²) in [4.78, 5) is 13.5. The molecule has 1 unspecified atom stereocenters. The fraction of sp³-hybridized carbons (Fsp3) is 0.818. The third kappa shape index (κ3) is 3.02. The summed E-state index contributed by atoms with van der Waals surface area (Å²) < 4.78 is 0. The highest BCUT2D eigenvalue weighted by Crippen LogP contribution is 2.29. The molecule has 0 radical (unpaired) electrons. The lowest BCUT2D eigenvalue weighted by atomic mass is 10.0. The molecule has 1 rings (SSSR count). The molecule has 0 aliphatic heterocycles. The molecule has 0 spiro atoms. The van der Waals surface area contributed by atoms with E-state index in [-0.39, 0.29) is 5.91 Å². The highest BCUT2D eigenvalue weighted by molar-refractivity contribution is 5.80. The van der Waals surface area contributed by atoms with Crippen molar-refractivity contribution in [2.45, 2.75) is 32.6 Å². The Hall–Kier alpha value is -1.04. The van der Waals surface area contributed by atoms with Gasteiger partial charge < -0.3 is 4.90 Å². The van der Waals surface area contributed by atoms with Crippen LogP contribution in [0.5, 0.6) is 0 Å². The standard InChI is InChI=1S/C11H18N2O/c1-3-4-10(7-12)11(14)13(2)8-9-5-6-9/h9-10H,3-6,8H2,1-2H3. The molecule has 1 saturated carbocycles. The van der Waals surface area contributed by atoms with E-state index in [1.54, 1.807) is 11.9 Å². The average Bonchev–Trinajstić information content (AvgIpc) is 2.96. The third-order valence-electron chi connectivity index (χ3n) is 2.64. The lowest BCUT2D eigenvalue weighted by Crippen LogP contribution is -2.33. The monoisotopic (exact) mass is 194 g/mol. The van der Waals surface area contributed by atoms with Crippen molar-refractivity contribution >= 4 is 5.91 Å². The molecule has 1 atom stereocenters. The minimum atomic E-state index is -0.427. The number of hydrogen-bond donors (Lipinski definition) is 0. The number of hydrogen-bond acceptors (Lipinski definition) is 2. The van der Waals surface area contributed by atoms with Crippen molar-refractivity contribution in [1.29, 1.82) is 5.26 Å². The maximum atomic E-state index is 11.7. The van der Waals surface area contributed by atoms with Gasteiger partial charge in [0.15, 0.2) is 0 Å². The van der Waals surface area contributed by atoms with Gasteiger partial charge in [-0.25, -0.2) is 0 Å². The van der Waals surface area contributed by atoms with Crippen LogP contribution in [0.15, 0.2) is 0 Å². The highest BCUT2D eigenvalue weighted by Gasteiger charge is 2.27. The van der Waals surface area contributed by atoms with Crippen molar-refractivity contribution in [3.63, 3.8) is 0 Å². The molecule has 1 aliphatic rings. The molecule has 78 valence electrons. The van der Waals surface area contributed by atoms with Gasteiger partial charge in [-0.2, -0.15) is 5.26 Å². The number of nitriles is 1. The van der Waals surface area contributed by atoms with E-state index in [1.165, 1.54) is 12.8 Å². The van der Waals surface area contributed by atoms with E-state index in [0.29, 0.717) is 12.3 Å². The van der Waals surface area contributed by atoms with Gasteiger partial charge in [0.05, 0.1) is 6.07 Å². The number of amides is 1. The summed E-state index contributed by atoms with van der Waals surface area (Å²) in [6.07, 6.45) is 4.05. The van der Waals surface area contributed by atoms with Crippen LogP contribution in [0.1, 0.15) is 32.6 Å². The third-order valence-corrected chi connectivity index (χ3v) is 2.64. The van der Waals surface area contributed by atoms with Crippen LogP contribution in [0.2, 0.25) is 0 Å². The van der Waals surface area contributed by atoms with Gasteiger partial charge in [-0.15, -0.1) is 0 Å². The Balaban J connectivity index is 2.39. The zero-order chi connectivity index (χ0) is 10.6. The second-order valence-electron chi connectivity index (χ2n) is 4.13. The van der Waals surface area contributed by atoms with E-state index in [9.17, 15) is 4.79 Å². The van der Waals surface area contributed by atoms with Crippen molar-refractivity contribution in [3.05, 3.63) is 0 Å². The van der Waals surface area contributed by atoms with Gasteiger partial charge >= 0.3 is 0 Å². The Bertz CT molecular complexity index is 240. The predicted octanol–water partition coefficient (Wildman–Crippen LogP) is 1.79. The Kier molecular flexibility index (Phi) is 3.94. The molecular formula is C11H18N2O. The van der Waals surface area contributed by atoms with Crippen LogP contribution in [-0.2, 0) is 4.79 Å². The summed E-state index contributed by atoms with van der Waals surface area (Å²) in [6.45, 7) is 2.83. The Morgan fingerprint density at radius 3 is 2.71 bits per heavy atom. The zero-order valence-electron chi connectivity index (χ0n) is 8.99. The second kappa shape index (κ2) is 4.99. The first kappa shape index (κ1) is 11.0. The maximum Gasteiger partial charge on any atom is 0.239 e. The summed E-state index contributed by atoms with van der Waals surface area (Å²) in [5.74, 6) is 0.273. The first-order valence-corrected chi connectivity index (χ1v) is 5.33. The Labute approximate surface area is 85.7 Å². The normalized spacial score (nSPS) is 17.2. The first-order valence-electron chi connectivity index (χ1n) is 5.33. The molecule has 0 heterocycles. The van der Waals surface area contributed by atoms with E-state index < -0.39 is 5.92 Å². The Morgan fingerprint density at radius 1 is 1.64 bits per heavy atom. The van der Waals surface area contributed by atoms with Crippen molar-refractivity contribution in [1.82, 2.24) is 4.90 Å². The van der Waals surface area contributed by atoms with Gasteiger partial charge in [-0.1, -0.05) is 13.3 Å². The lowest BCUT2D eigenvalue weighted by Gasteiger charge is -2.19. The molecular weight excluding hydrogens is 176 g/mol. The molecule has 0 saturated heterocycles. The Morgan fingerprint density at radius 2 is 2.29 bits per heavy atom. The van der Waals surface area contributed by atoms with Crippen molar-refractivity contribution in [2.24, 2.45) is 11.8 Å². The largest absolute Gasteiger partial charge is 0.344 e. The van der Waals surface area contributed by atoms with Gasteiger partial charge in [0.25, 0.3) is 0 Å². The lowest BCUT2D eigenvalue weighted by molar-refractivity contribution is -0.132. The van der Waals surface area contributed by atoms with E-state index in [4.69, 9.17) is 5.26 Å². The second-order valence-corrected chi connectivity index (χ2v) is 4.13. The van der Waals surface area contributed by atoms with Crippen molar-refractivity contribution in [3.8, 4) is 6.07 Å². The fourth-order valence-electron chi connectivity index (χ4n) is 1.58. The smallest absolute Gasteiger partial charge is 0.239 e. The molecule has 0 aromatic rings. The van der Waals surface area contributed by atoms with Crippen molar-refractivity contribution in [2.75, 3.05) is 13.6 Å². The van der Waals surface area contributed by atoms with Crippen LogP contribution in [-0.4, -0.2) is 24.4 Å². The minimum Gasteiger partial charge on any atom is -0.344 e. The summed E-state index contributed by atoms with van der Waals surface area (Å²) >= 11 is 0. The maximum absolute atomic E-state index is 11.7. The molecule has 3 nitrogen and oxygen atoms in total. The van der Waals surface area contributed by atoms with E-state index in [1.807, 2.05) is 6.92 Å². The van der Waals surface area contributed by atoms with Gasteiger partial charge in [0.2, 0.25) is 5.91 Å². The van der Waals surface area contributed by atoms with Gasteiger partial charge in [-0.3, -0.25) is 4.79 Å². The summed E-state index contributed by atoms with van der Waals surface area (Å²) in [5, 5.41) is 8.83. The van der Waals surface area contributed by atoms with Crippen LogP contribution >= 0.6 is 0 Å². The SMILES string of the molecule is CCCC(C#N)C(=O)N(C)CC1CC1. The van der Waals surface area contributed by atoms with Crippen LogP contribution in [0.3, 0.4) is 0 Å². The highest BCUT2D eigenvalue weighted by atomic mass is 16.2. The van der Waals surface area contributed by atoms with E-state index in [2.05, 4.69) is 6.07 Å². The molecule has 0 aromatic heterocycles. The number of rotatable bonds is 5. The summed E-state index contributed by atoms with van der Waals surface area (Å²) in [7, 11) is 1.81. The van der Waals surface area contributed by atoms with Gasteiger partial charge in [-0.05, 0) is 25.2 Å². The molecule has 0 N–H and O–H groups in total. The first-order chi connectivity index (χ1) is 6.69. The van der Waals surface area contributed by atoms with E-state index >= 15 is 0 Å². The zero-order valence-corrected chi connectivity index (χ0v) is 8.99. The molecule has 0 bridgehead atoms. The topological polar surface area (TPSA) is 44.1 Å². The molecule has 14 heavy (non-hydrogen) atoms. The van der Waals surface area contributed by atoms with Gasteiger partial charge in [0, 0.05) is 13.6 Å². The molecule has 1 amide bonds. The number of nitrogens with zero attached hydrogens (tertiary/aromatic N) is 2. The number of carbonyl (C=O) groups excluding carboxylic acids is 1. The molecule has 0 aromatic carbocycles. The van der Waals surface area contributed by atoms with Crippen molar-refractivity contribution < 1.29 is 4.79 Å². The fourth-order valence-corrected chi connectivity index (χ4v) is 1.58. The molecule has 1 aliphatic carbocycles. The molecule has 3 heteroatoms. The number of carbonyl (C=O) groups is 1. The van der Waals surface area contributed by atoms with Crippen LogP contribution in [0.25, 0.3) is 0 Å². The summed E-state index contributed by atoms with van der Waals surface area (Å²) in [6, 6.07) is 2.09. The van der Waals surface area contributed by atoms with Gasteiger partial charge in [0.1, 0.15) is 5.92 Å². The van der Waals surface area contributed by atoms with E-state index in [0.717, 1.165) is 13.0 Å². The van der Waals surface area contributed by atoms with Crippen LogP contribution < -0.4 is 0 Å². The predicted molar refractivity (Wildman–Crippen MR) is 54.4 cm³/mol. The average molecular weight is 194 g/mol. The van der Waals surface area contributed by atoms with Crippen LogP contribution in [0, 0.1) is 23.2 Å². The summed E-state index contributed by atoms with van der Waals surface area (Å²) in [5.41, 5.74) is 0. The van der Waals surface area contributed by atoms with Crippen LogP contribution in [0.4, 0.5) is 0 Å². The molecule has 1 fully saturated rings.